The van der Waals surface area contributed by atoms with Gasteiger partial charge in [-0.2, -0.15) is 0 Å². The van der Waals surface area contributed by atoms with Gasteiger partial charge in [-0.05, 0) is 80.6 Å². The predicted octanol–water partition coefficient (Wildman–Crippen LogP) is 5.60. The maximum atomic E-state index is 14.1. The molecular formula is C30H36ClN3O5S2. The van der Waals surface area contributed by atoms with E-state index in [-0.39, 0.29) is 23.0 Å². The number of nitrogens with zero attached hydrogens (tertiary/aromatic N) is 2. The Hall–Kier alpha value is -3.21. The first-order valence-corrected chi connectivity index (χ1v) is 16.4. The van der Waals surface area contributed by atoms with Crippen molar-refractivity contribution in [2.75, 3.05) is 30.3 Å². The maximum absolute atomic E-state index is 14.1. The number of hydrogen-bond donors (Lipinski definition) is 1. The SMILES string of the molecule is CCCNC(=O)[C@@H](C)N(Cc1ccc(Cl)cc1)C(=O)CN(c1ccccc1OCC)S(=O)(=O)c1ccc(SC)cc1. The number of ether oxygens (including phenoxy) is 1. The molecule has 8 nitrogen and oxygen atoms in total. The van der Waals surface area contributed by atoms with E-state index in [2.05, 4.69) is 5.32 Å². The zero-order valence-corrected chi connectivity index (χ0v) is 26.1. The second-order valence-electron chi connectivity index (χ2n) is 9.20. The van der Waals surface area contributed by atoms with E-state index in [1.807, 2.05) is 13.2 Å². The van der Waals surface area contributed by atoms with E-state index >= 15 is 0 Å². The van der Waals surface area contributed by atoms with Crippen molar-refractivity contribution < 1.29 is 22.7 Å². The van der Waals surface area contributed by atoms with Crippen molar-refractivity contribution in [2.45, 2.75) is 49.6 Å². The second kappa shape index (κ2) is 15.1. The lowest BCUT2D eigenvalue weighted by Crippen LogP contribution is -2.51. The Balaban J connectivity index is 2.07. The number of amides is 2. The van der Waals surface area contributed by atoms with Gasteiger partial charge < -0.3 is 15.0 Å². The maximum Gasteiger partial charge on any atom is 0.264 e. The van der Waals surface area contributed by atoms with E-state index in [0.29, 0.717) is 23.9 Å². The molecule has 3 aromatic carbocycles. The van der Waals surface area contributed by atoms with Crippen LogP contribution in [0.2, 0.25) is 5.02 Å². The molecule has 0 aliphatic rings. The Morgan fingerprint density at radius 2 is 1.66 bits per heavy atom. The minimum atomic E-state index is -4.21. The number of thioether (sulfide) groups is 1. The number of benzene rings is 3. The minimum Gasteiger partial charge on any atom is -0.492 e. The molecule has 0 heterocycles. The average Bonchev–Trinajstić information content (AvgIpc) is 2.98. The van der Waals surface area contributed by atoms with Crippen LogP contribution in [-0.2, 0) is 26.2 Å². The number of anilines is 1. The molecule has 3 aromatic rings. The second-order valence-corrected chi connectivity index (χ2v) is 12.4. The molecule has 0 aliphatic carbocycles. The van der Waals surface area contributed by atoms with Crippen LogP contribution < -0.4 is 14.4 Å². The highest BCUT2D eigenvalue weighted by Crippen LogP contribution is 2.33. The van der Waals surface area contributed by atoms with E-state index in [0.717, 1.165) is 21.2 Å². The third-order valence-corrected chi connectivity index (χ3v) is 9.11. The Kier molecular flexibility index (Phi) is 11.9. The molecule has 0 aliphatic heterocycles. The monoisotopic (exact) mass is 617 g/mol. The summed E-state index contributed by atoms with van der Waals surface area (Å²) in [6.07, 6.45) is 2.64. The van der Waals surface area contributed by atoms with Gasteiger partial charge in [0.25, 0.3) is 10.0 Å². The summed E-state index contributed by atoms with van der Waals surface area (Å²) in [4.78, 5) is 29.3. The van der Waals surface area contributed by atoms with Crippen LogP contribution in [0.4, 0.5) is 5.69 Å². The molecule has 0 spiro atoms. The van der Waals surface area contributed by atoms with Gasteiger partial charge in [0.1, 0.15) is 18.3 Å². The summed E-state index contributed by atoms with van der Waals surface area (Å²) in [5.41, 5.74) is 0.973. The predicted molar refractivity (Wildman–Crippen MR) is 165 cm³/mol. The van der Waals surface area contributed by atoms with Gasteiger partial charge in [0.2, 0.25) is 11.8 Å². The number of rotatable bonds is 14. The largest absolute Gasteiger partial charge is 0.492 e. The number of carbonyl (C=O) groups is 2. The van der Waals surface area contributed by atoms with Crippen LogP contribution in [0.1, 0.15) is 32.8 Å². The summed E-state index contributed by atoms with van der Waals surface area (Å²) in [7, 11) is -4.21. The molecule has 0 fully saturated rings. The zero-order valence-electron chi connectivity index (χ0n) is 23.7. The van der Waals surface area contributed by atoms with Gasteiger partial charge in [-0.1, -0.05) is 42.8 Å². The third kappa shape index (κ3) is 8.40. The first-order valence-electron chi connectivity index (χ1n) is 13.3. The van der Waals surface area contributed by atoms with E-state index < -0.39 is 28.5 Å². The van der Waals surface area contributed by atoms with Crippen LogP contribution in [0.5, 0.6) is 5.75 Å². The molecule has 0 unspecified atom stereocenters. The highest BCUT2D eigenvalue weighted by atomic mass is 35.5. The molecule has 11 heteroatoms. The van der Waals surface area contributed by atoms with Gasteiger partial charge in [-0.25, -0.2) is 8.42 Å². The molecule has 3 rings (SSSR count). The van der Waals surface area contributed by atoms with Gasteiger partial charge in [0.15, 0.2) is 0 Å². The Bertz CT molecular complexity index is 1420. The van der Waals surface area contributed by atoms with Crippen molar-refractivity contribution in [3.05, 3.63) is 83.4 Å². The number of hydrogen-bond acceptors (Lipinski definition) is 6. The summed E-state index contributed by atoms with van der Waals surface area (Å²) >= 11 is 7.55. The number of sulfonamides is 1. The standard InChI is InChI=1S/C30H36ClN3O5S2/c1-5-19-32-30(36)22(3)33(20-23-11-13-24(31)14-12-23)29(35)21-34(27-9-7-8-10-28(27)39-6-2)41(37,38)26-17-15-25(40-4)16-18-26/h7-18,22H,5-6,19-21H2,1-4H3,(H,32,36)/t22-/m1/s1. The van der Waals surface area contributed by atoms with Gasteiger partial charge in [0, 0.05) is 23.0 Å². The molecule has 220 valence electrons. The summed E-state index contributed by atoms with van der Waals surface area (Å²) in [5.74, 6) is -0.550. The van der Waals surface area contributed by atoms with Crippen LogP contribution in [0.3, 0.4) is 0 Å². The molecule has 1 atom stereocenters. The first-order chi connectivity index (χ1) is 19.6. The summed E-state index contributed by atoms with van der Waals surface area (Å²) in [6.45, 7) is 5.67. The lowest BCUT2D eigenvalue weighted by atomic mass is 10.1. The lowest BCUT2D eigenvalue weighted by molar-refractivity contribution is -0.139. The lowest BCUT2D eigenvalue weighted by Gasteiger charge is -2.32. The van der Waals surface area contributed by atoms with Crippen molar-refractivity contribution in [3.63, 3.8) is 0 Å². The van der Waals surface area contributed by atoms with Crippen LogP contribution in [0.25, 0.3) is 0 Å². The fraction of sp³-hybridized carbons (Fsp3) is 0.333. The van der Waals surface area contributed by atoms with Gasteiger partial charge in [-0.3, -0.25) is 13.9 Å². The molecule has 0 radical (unpaired) electrons. The fourth-order valence-electron chi connectivity index (χ4n) is 4.09. The zero-order chi connectivity index (χ0) is 30.0. The van der Waals surface area contributed by atoms with Crippen molar-refractivity contribution in [3.8, 4) is 5.75 Å². The normalized spacial score (nSPS) is 11.9. The number of halogens is 1. The molecular weight excluding hydrogens is 582 g/mol. The third-order valence-electron chi connectivity index (χ3n) is 6.34. The highest BCUT2D eigenvalue weighted by molar-refractivity contribution is 7.98. The number of nitrogens with one attached hydrogen (secondary N) is 1. The highest BCUT2D eigenvalue weighted by Gasteiger charge is 2.33. The fourth-order valence-corrected chi connectivity index (χ4v) is 6.05. The van der Waals surface area contributed by atoms with Crippen LogP contribution in [0, 0.1) is 0 Å². The molecule has 1 N–H and O–H groups in total. The number of carbonyl (C=O) groups excluding carboxylic acids is 2. The summed E-state index contributed by atoms with van der Waals surface area (Å²) in [5, 5.41) is 3.37. The van der Waals surface area contributed by atoms with E-state index in [9.17, 15) is 18.0 Å². The summed E-state index contributed by atoms with van der Waals surface area (Å²) in [6, 6.07) is 19.3. The van der Waals surface area contributed by atoms with Crippen LogP contribution in [0.15, 0.2) is 82.6 Å². The molecule has 2 amide bonds. The number of para-hydroxylation sites is 2. The van der Waals surface area contributed by atoms with E-state index in [1.165, 1.54) is 28.8 Å². The molecule has 41 heavy (non-hydrogen) atoms. The van der Waals surface area contributed by atoms with Crippen molar-refractivity contribution in [1.82, 2.24) is 10.2 Å². The van der Waals surface area contributed by atoms with E-state index in [1.54, 1.807) is 74.5 Å². The molecule has 0 saturated heterocycles. The molecule has 0 saturated carbocycles. The van der Waals surface area contributed by atoms with Gasteiger partial charge >= 0.3 is 0 Å². The Morgan fingerprint density at radius 3 is 2.27 bits per heavy atom. The molecule has 0 aromatic heterocycles. The van der Waals surface area contributed by atoms with Crippen molar-refractivity contribution >= 4 is 50.9 Å². The first kappa shape index (κ1) is 32.3. The van der Waals surface area contributed by atoms with Crippen molar-refractivity contribution in [1.29, 1.82) is 0 Å². The Morgan fingerprint density at radius 1 is 1.00 bits per heavy atom. The smallest absolute Gasteiger partial charge is 0.264 e. The van der Waals surface area contributed by atoms with E-state index in [4.69, 9.17) is 16.3 Å². The Labute approximate surface area is 252 Å². The quantitative estimate of drug-likeness (QED) is 0.237. The molecule has 0 bridgehead atoms. The van der Waals surface area contributed by atoms with Crippen molar-refractivity contribution in [2.24, 2.45) is 0 Å². The van der Waals surface area contributed by atoms with Gasteiger partial charge in [-0.15, -0.1) is 11.8 Å². The topological polar surface area (TPSA) is 96.0 Å². The summed E-state index contributed by atoms with van der Waals surface area (Å²) < 4.78 is 35.0. The van der Waals surface area contributed by atoms with Crippen LogP contribution >= 0.6 is 23.4 Å². The minimum absolute atomic E-state index is 0.0346. The average molecular weight is 618 g/mol. The van der Waals surface area contributed by atoms with Crippen LogP contribution in [-0.4, -0.2) is 57.1 Å². The van der Waals surface area contributed by atoms with Gasteiger partial charge in [0.05, 0.1) is 17.2 Å².